The van der Waals surface area contributed by atoms with Crippen molar-refractivity contribution in [1.82, 2.24) is 9.55 Å². The number of hydrogen-bond acceptors (Lipinski definition) is 2. The summed E-state index contributed by atoms with van der Waals surface area (Å²) in [7, 11) is 0. The predicted octanol–water partition coefficient (Wildman–Crippen LogP) is 6.50. The van der Waals surface area contributed by atoms with Gasteiger partial charge < -0.3 is 0 Å². The normalized spacial score (nSPS) is 12.8. The molecule has 146 valence electrons. The van der Waals surface area contributed by atoms with Crippen LogP contribution >= 0.6 is 11.6 Å². The number of hydrogen-bond donors (Lipinski definition) is 0. The van der Waals surface area contributed by atoms with E-state index in [1.165, 1.54) is 6.07 Å². The first-order chi connectivity index (χ1) is 13.2. The molecular weight excluding hydrogens is 391 g/mol. The number of benzene rings is 2. The van der Waals surface area contributed by atoms with Crippen LogP contribution < -0.4 is 0 Å². The third kappa shape index (κ3) is 3.93. The number of azide groups is 1. The average Bonchev–Trinajstić information content (AvgIpc) is 2.98. The van der Waals surface area contributed by atoms with E-state index in [1.807, 2.05) is 42.7 Å². The molecule has 0 saturated heterocycles. The zero-order valence-corrected chi connectivity index (χ0v) is 16.0. The minimum Gasteiger partial charge on any atom is -0.296 e. The predicted molar refractivity (Wildman–Crippen MR) is 103 cm³/mol. The maximum absolute atomic E-state index is 13.1. The maximum atomic E-state index is 13.1. The van der Waals surface area contributed by atoms with Gasteiger partial charge in [0.15, 0.2) is 0 Å². The number of halogens is 4. The summed E-state index contributed by atoms with van der Waals surface area (Å²) in [5.74, 6) is 0.639. The van der Waals surface area contributed by atoms with Crippen molar-refractivity contribution in [2.24, 2.45) is 5.11 Å². The highest BCUT2D eigenvalue weighted by Crippen LogP contribution is 2.37. The summed E-state index contributed by atoms with van der Waals surface area (Å²) in [5.41, 5.74) is 10.1. The summed E-state index contributed by atoms with van der Waals surface area (Å²) in [5, 5.41) is 3.30. The van der Waals surface area contributed by atoms with E-state index in [0.29, 0.717) is 24.2 Å². The van der Waals surface area contributed by atoms with Crippen molar-refractivity contribution >= 4 is 22.6 Å². The van der Waals surface area contributed by atoms with Gasteiger partial charge in [-0.15, -0.1) is 0 Å². The van der Waals surface area contributed by atoms with Gasteiger partial charge in [-0.1, -0.05) is 42.7 Å². The standard InChI is InChI=1S/C19H17ClF3N5/c1-3-18-25-16-9-14(19(21,22)23)15(20)10-17(16)28(18)13-6-4-12(5-7-13)8-11(2)26-27-24/h4-7,9-11H,3,8H2,1-2H3/t11-/m0/s1. The molecule has 9 heteroatoms. The molecule has 2 aromatic carbocycles. The molecule has 1 atom stereocenters. The molecule has 0 saturated carbocycles. The number of aryl methyl sites for hydroxylation is 1. The smallest absolute Gasteiger partial charge is 0.296 e. The second kappa shape index (κ2) is 7.73. The van der Waals surface area contributed by atoms with Gasteiger partial charge in [-0.25, -0.2) is 4.98 Å². The lowest BCUT2D eigenvalue weighted by Crippen LogP contribution is -2.06. The minimum absolute atomic E-state index is 0.171. The Morgan fingerprint density at radius 3 is 2.50 bits per heavy atom. The van der Waals surface area contributed by atoms with E-state index in [0.717, 1.165) is 17.3 Å². The molecule has 28 heavy (non-hydrogen) atoms. The quantitative estimate of drug-likeness (QED) is 0.270. The van der Waals surface area contributed by atoms with Gasteiger partial charge in [0.2, 0.25) is 0 Å². The third-order valence-electron chi connectivity index (χ3n) is 4.41. The molecule has 0 unspecified atom stereocenters. The van der Waals surface area contributed by atoms with E-state index in [1.54, 1.807) is 0 Å². The van der Waals surface area contributed by atoms with E-state index in [9.17, 15) is 13.2 Å². The third-order valence-corrected chi connectivity index (χ3v) is 4.72. The zero-order valence-electron chi connectivity index (χ0n) is 15.2. The molecule has 0 aliphatic rings. The van der Waals surface area contributed by atoms with Gasteiger partial charge in [0.25, 0.3) is 0 Å². The van der Waals surface area contributed by atoms with E-state index in [-0.39, 0.29) is 16.6 Å². The van der Waals surface area contributed by atoms with Crippen LogP contribution in [-0.4, -0.2) is 15.6 Å². The SMILES string of the molecule is CCc1nc2cc(C(F)(F)F)c(Cl)cc2n1-c1ccc(C[C@H](C)N=[N+]=[N-])cc1. The Bertz CT molecular complexity index is 1050. The van der Waals surface area contributed by atoms with Gasteiger partial charge in [0.05, 0.1) is 21.6 Å². The first kappa shape index (κ1) is 20.0. The lowest BCUT2D eigenvalue weighted by Gasteiger charge is -2.12. The van der Waals surface area contributed by atoms with Crippen LogP contribution in [0.4, 0.5) is 13.2 Å². The Labute approximate surface area is 164 Å². The Hall–Kier alpha value is -2.70. The molecule has 0 spiro atoms. The summed E-state index contributed by atoms with van der Waals surface area (Å²) in [4.78, 5) is 7.17. The van der Waals surface area contributed by atoms with Crippen molar-refractivity contribution in [3.8, 4) is 5.69 Å². The van der Waals surface area contributed by atoms with Crippen molar-refractivity contribution < 1.29 is 13.2 Å². The molecule has 0 fully saturated rings. The highest BCUT2D eigenvalue weighted by atomic mass is 35.5. The minimum atomic E-state index is -4.54. The zero-order chi connectivity index (χ0) is 20.5. The summed E-state index contributed by atoms with van der Waals surface area (Å²) >= 11 is 5.91. The summed E-state index contributed by atoms with van der Waals surface area (Å²) in [6, 6.07) is 9.65. The van der Waals surface area contributed by atoms with Gasteiger partial charge in [-0.05, 0) is 41.8 Å². The van der Waals surface area contributed by atoms with Gasteiger partial charge in [0, 0.05) is 23.1 Å². The first-order valence-corrected chi connectivity index (χ1v) is 9.04. The molecule has 3 rings (SSSR count). The van der Waals surface area contributed by atoms with Gasteiger partial charge in [-0.2, -0.15) is 13.2 Å². The monoisotopic (exact) mass is 407 g/mol. The maximum Gasteiger partial charge on any atom is 0.417 e. The largest absolute Gasteiger partial charge is 0.417 e. The van der Waals surface area contributed by atoms with E-state index < -0.39 is 11.7 Å². The van der Waals surface area contributed by atoms with Crippen molar-refractivity contribution in [2.75, 3.05) is 0 Å². The van der Waals surface area contributed by atoms with Gasteiger partial charge in [0.1, 0.15) is 5.82 Å². The van der Waals surface area contributed by atoms with Crippen LogP contribution in [0.25, 0.3) is 27.2 Å². The Kier molecular flexibility index (Phi) is 5.54. The van der Waals surface area contributed by atoms with Crippen LogP contribution in [-0.2, 0) is 19.0 Å². The van der Waals surface area contributed by atoms with Gasteiger partial charge >= 0.3 is 6.18 Å². The molecule has 1 aromatic heterocycles. The van der Waals surface area contributed by atoms with Crippen LogP contribution in [0, 0.1) is 0 Å². The fourth-order valence-electron chi connectivity index (χ4n) is 3.14. The van der Waals surface area contributed by atoms with E-state index >= 15 is 0 Å². The number of aromatic nitrogens is 2. The first-order valence-electron chi connectivity index (χ1n) is 8.66. The average molecular weight is 408 g/mol. The van der Waals surface area contributed by atoms with Crippen LogP contribution in [0.3, 0.4) is 0 Å². The Balaban J connectivity index is 2.07. The van der Waals surface area contributed by atoms with Crippen molar-refractivity contribution in [3.05, 3.63) is 68.8 Å². The highest BCUT2D eigenvalue weighted by molar-refractivity contribution is 6.32. The fraction of sp³-hybridized carbons (Fsp3) is 0.316. The molecule has 0 amide bonds. The molecule has 0 N–H and O–H groups in total. The van der Waals surface area contributed by atoms with Gasteiger partial charge in [-0.3, -0.25) is 4.57 Å². The van der Waals surface area contributed by atoms with Crippen molar-refractivity contribution in [2.45, 2.75) is 38.9 Å². The highest BCUT2D eigenvalue weighted by Gasteiger charge is 2.34. The van der Waals surface area contributed by atoms with Crippen molar-refractivity contribution in [3.63, 3.8) is 0 Å². The number of fused-ring (bicyclic) bond motifs is 1. The number of imidazole rings is 1. The number of rotatable bonds is 5. The molecule has 0 bridgehead atoms. The summed E-state index contributed by atoms with van der Waals surface area (Å²) < 4.78 is 41.2. The van der Waals surface area contributed by atoms with Crippen LogP contribution in [0.5, 0.6) is 0 Å². The molecule has 1 heterocycles. The second-order valence-electron chi connectivity index (χ2n) is 6.46. The topological polar surface area (TPSA) is 66.6 Å². The molecular formula is C19H17ClF3N5. The second-order valence-corrected chi connectivity index (χ2v) is 6.87. The Morgan fingerprint density at radius 1 is 1.25 bits per heavy atom. The van der Waals surface area contributed by atoms with E-state index in [2.05, 4.69) is 15.0 Å². The molecule has 5 nitrogen and oxygen atoms in total. The molecule has 0 radical (unpaired) electrons. The van der Waals surface area contributed by atoms with Crippen LogP contribution in [0.1, 0.15) is 30.8 Å². The van der Waals surface area contributed by atoms with Crippen LogP contribution in [0.2, 0.25) is 5.02 Å². The summed E-state index contributed by atoms with van der Waals surface area (Å²) in [6.07, 6.45) is -3.40. The lowest BCUT2D eigenvalue weighted by molar-refractivity contribution is -0.137. The lowest BCUT2D eigenvalue weighted by atomic mass is 10.1. The fourth-order valence-corrected chi connectivity index (χ4v) is 3.41. The molecule has 0 aliphatic heterocycles. The van der Waals surface area contributed by atoms with Crippen LogP contribution in [0.15, 0.2) is 41.5 Å². The van der Waals surface area contributed by atoms with Crippen molar-refractivity contribution in [1.29, 1.82) is 0 Å². The number of nitrogens with zero attached hydrogens (tertiary/aromatic N) is 5. The summed E-state index contributed by atoms with van der Waals surface area (Å²) in [6.45, 7) is 3.71. The molecule has 3 aromatic rings. The molecule has 0 aliphatic carbocycles. The number of alkyl halides is 3. The Morgan fingerprint density at radius 2 is 1.93 bits per heavy atom. The van der Waals surface area contributed by atoms with E-state index in [4.69, 9.17) is 17.1 Å².